The van der Waals surface area contributed by atoms with Gasteiger partial charge in [-0.3, -0.25) is 10.1 Å². The van der Waals surface area contributed by atoms with Gasteiger partial charge < -0.3 is 9.72 Å². The van der Waals surface area contributed by atoms with Crippen LogP contribution in [0.15, 0.2) is 59.4 Å². The average molecular weight is 461 g/mol. The van der Waals surface area contributed by atoms with Gasteiger partial charge in [-0.2, -0.15) is 5.10 Å². The Kier molecular flexibility index (Phi) is 5.25. The molecular formula is C24H17F2N5O3. The normalized spacial score (nSPS) is 11.1. The predicted octanol–water partition coefficient (Wildman–Crippen LogP) is 4.51. The second-order valence-corrected chi connectivity index (χ2v) is 7.59. The molecule has 3 N–H and O–H groups in total. The van der Waals surface area contributed by atoms with Crippen LogP contribution in [-0.2, 0) is 11.2 Å². The summed E-state index contributed by atoms with van der Waals surface area (Å²) >= 11 is 0. The van der Waals surface area contributed by atoms with Crippen molar-refractivity contribution < 1.29 is 18.3 Å². The number of anilines is 1. The quantitative estimate of drug-likeness (QED) is 0.364. The van der Waals surface area contributed by atoms with E-state index in [2.05, 4.69) is 30.2 Å². The number of imidazole rings is 1. The van der Waals surface area contributed by atoms with Crippen molar-refractivity contribution in [3.8, 4) is 11.1 Å². The van der Waals surface area contributed by atoms with Gasteiger partial charge in [-0.15, -0.1) is 0 Å². The topological polar surface area (TPSA) is 113 Å². The molecule has 170 valence electrons. The molecule has 0 spiro atoms. The summed E-state index contributed by atoms with van der Waals surface area (Å²) in [4.78, 5) is 30.4. The van der Waals surface area contributed by atoms with Crippen LogP contribution in [0.4, 0.5) is 19.5 Å². The molecule has 0 unspecified atom stereocenters. The summed E-state index contributed by atoms with van der Waals surface area (Å²) in [5.41, 5.74) is 1.71. The Morgan fingerprint density at radius 3 is 2.59 bits per heavy atom. The molecule has 0 atom stereocenters. The van der Waals surface area contributed by atoms with Crippen LogP contribution in [0.3, 0.4) is 0 Å². The molecular weight excluding hydrogens is 444 g/mol. The maximum atomic E-state index is 15.0. The summed E-state index contributed by atoms with van der Waals surface area (Å²) in [5.74, 6) is -1.20. The maximum Gasteiger partial charge on any atom is 0.413 e. The zero-order chi connectivity index (χ0) is 23.8. The highest BCUT2D eigenvalue weighted by molar-refractivity contribution is 5.88. The smallest absolute Gasteiger partial charge is 0.413 e. The third-order valence-corrected chi connectivity index (χ3v) is 5.44. The van der Waals surface area contributed by atoms with Crippen LogP contribution < -0.4 is 10.9 Å². The molecule has 8 nitrogen and oxygen atoms in total. The van der Waals surface area contributed by atoms with E-state index in [0.717, 1.165) is 0 Å². The van der Waals surface area contributed by atoms with E-state index in [1.807, 2.05) is 0 Å². The maximum absolute atomic E-state index is 15.0. The van der Waals surface area contributed by atoms with Crippen molar-refractivity contribution in [2.75, 3.05) is 12.4 Å². The summed E-state index contributed by atoms with van der Waals surface area (Å²) < 4.78 is 34.2. The van der Waals surface area contributed by atoms with Crippen LogP contribution in [0, 0.1) is 11.6 Å². The van der Waals surface area contributed by atoms with E-state index in [0.29, 0.717) is 39.5 Å². The van der Waals surface area contributed by atoms with E-state index < -0.39 is 17.7 Å². The minimum atomic E-state index is -0.734. The van der Waals surface area contributed by atoms with Gasteiger partial charge in [0.25, 0.3) is 5.56 Å². The van der Waals surface area contributed by atoms with Gasteiger partial charge >= 0.3 is 6.09 Å². The molecule has 5 aromatic rings. The van der Waals surface area contributed by atoms with Crippen molar-refractivity contribution in [1.29, 1.82) is 0 Å². The number of nitrogens with zero attached hydrogens (tertiary/aromatic N) is 2. The number of benzene rings is 3. The van der Waals surface area contributed by atoms with Crippen molar-refractivity contribution in [2.24, 2.45) is 0 Å². The number of rotatable bonds is 4. The monoisotopic (exact) mass is 461 g/mol. The third kappa shape index (κ3) is 3.85. The number of methoxy groups -OCH3 is 1. The minimum Gasteiger partial charge on any atom is -0.453 e. The number of aromatic nitrogens is 4. The number of ether oxygens (including phenoxy) is 1. The molecule has 0 aliphatic rings. The molecule has 5 rings (SSSR count). The van der Waals surface area contributed by atoms with Crippen molar-refractivity contribution in [1.82, 2.24) is 20.2 Å². The van der Waals surface area contributed by atoms with Crippen molar-refractivity contribution >= 4 is 33.8 Å². The van der Waals surface area contributed by atoms with E-state index in [9.17, 15) is 18.4 Å². The Bertz CT molecular complexity index is 1630. The molecule has 0 saturated carbocycles. The number of nitrogens with one attached hydrogen (secondary N) is 3. The Hall–Kier alpha value is -4.60. The Morgan fingerprint density at radius 1 is 1.03 bits per heavy atom. The lowest BCUT2D eigenvalue weighted by Crippen LogP contribution is -2.11. The summed E-state index contributed by atoms with van der Waals surface area (Å²) in [7, 11) is 1.21. The minimum absolute atomic E-state index is 0.0160. The standard InChI is InChI=1S/C24H17F2N5O3/c1-34-24(33)29-23-27-20-10-16(18(26)11-21(20)28-23)15-8-12(6-7-17(15)25)9-19-13-4-2-3-5-14(13)22(32)31-30-19/h2-8,10-11H,9H2,1H3,(H,31,32)(H2,27,28,29,33). The average Bonchev–Trinajstić information content (AvgIpc) is 3.22. The van der Waals surface area contributed by atoms with E-state index in [1.165, 1.54) is 25.3 Å². The Morgan fingerprint density at radius 2 is 1.79 bits per heavy atom. The van der Waals surface area contributed by atoms with Gasteiger partial charge in [0.2, 0.25) is 5.95 Å². The summed E-state index contributed by atoms with van der Waals surface area (Å²) in [6.07, 6.45) is -0.439. The van der Waals surface area contributed by atoms with Crippen molar-refractivity contribution in [2.45, 2.75) is 6.42 Å². The van der Waals surface area contributed by atoms with Crippen LogP contribution in [0.2, 0.25) is 0 Å². The Labute approximate surface area is 190 Å². The van der Waals surface area contributed by atoms with Gasteiger partial charge in [-0.05, 0) is 29.8 Å². The lowest BCUT2D eigenvalue weighted by Gasteiger charge is -2.09. The lowest BCUT2D eigenvalue weighted by atomic mass is 9.98. The highest BCUT2D eigenvalue weighted by atomic mass is 19.1. The molecule has 0 fully saturated rings. The number of carbonyl (C=O) groups is 1. The summed E-state index contributed by atoms with van der Waals surface area (Å²) in [6.45, 7) is 0. The fourth-order valence-electron chi connectivity index (χ4n) is 3.83. The molecule has 0 radical (unpaired) electrons. The second kappa shape index (κ2) is 8.39. The number of aromatic amines is 2. The molecule has 2 aromatic heterocycles. The van der Waals surface area contributed by atoms with Crippen molar-refractivity contribution in [3.05, 3.63) is 87.8 Å². The van der Waals surface area contributed by atoms with Gasteiger partial charge in [0, 0.05) is 29.0 Å². The summed E-state index contributed by atoms with van der Waals surface area (Å²) in [5, 5.41) is 10.2. The number of H-pyrrole nitrogens is 2. The van der Waals surface area contributed by atoms with Gasteiger partial charge in [-0.1, -0.05) is 24.3 Å². The summed E-state index contributed by atoms with van der Waals surface area (Å²) in [6, 6.07) is 14.0. The fraction of sp³-hybridized carbons (Fsp3) is 0.0833. The zero-order valence-electron chi connectivity index (χ0n) is 17.8. The van der Waals surface area contributed by atoms with Crippen LogP contribution in [0.1, 0.15) is 11.3 Å². The van der Waals surface area contributed by atoms with Crippen LogP contribution >= 0.6 is 0 Å². The number of amides is 1. The van der Waals surface area contributed by atoms with E-state index in [4.69, 9.17) is 0 Å². The molecule has 0 bridgehead atoms. The highest BCUT2D eigenvalue weighted by Crippen LogP contribution is 2.31. The van der Waals surface area contributed by atoms with E-state index >= 15 is 0 Å². The molecule has 0 aliphatic heterocycles. The van der Waals surface area contributed by atoms with Gasteiger partial charge in [0.15, 0.2) is 0 Å². The first-order valence-corrected chi connectivity index (χ1v) is 10.2. The first-order valence-electron chi connectivity index (χ1n) is 10.2. The molecule has 34 heavy (non-hydrogen) atoms. The highest BCUT2D eigenvalue weighted by Gasteiger charge is 2.16. The van der Waals surface area contributed by atoms with Crippen LogP contribution in [0.25, 0.3) is 32.9 Å². The molecule has 0 aliphatic carbocycles. The molecule has 2 heterocycles. The van der Waals surface area contributed by atoms with Crippen LogP contribution in [-0.4, -0.2) is 33.4 Å². The largest absolute Gasteiger partial charge is 0.453 e. The van der Waals surface area contributed by atoms with Gasteiger partial charge in [-0.25, -0.2) is 23.7 Å². The number of carbonyl (C=O) groups excluding carboxylic acids is 1. The van der Waals surface area contributed by atoms with Crippen molar-refractivity contribution in [3.63, 3.8) is 0 Å². The molecule has 10 heteroatoms. The third-order valence-electron chi connectivity index (χ3n) is 5.44. The fourth-order valence-corrected chi connectivity index (χ4v) is 3.83. The molecule has 1 amide bonds. The number of halogens is 2. The first-order chi connectivity index (χ1) is 16.4. The van der Waals surface area contributed by atoms with Crippen LogP contribution in [0.5, 0.6) is 0 Å². The predicted molar refractivity (Wildman–Crippen MR) is 123 cm³/mol. The number of hydrogen-bond donors (Lipinski definition) is 3. The number of fused-ring (bicyclic) bond motifs is 2. The molecule has 0 saturated heterocycles. The van der Waals surface area contributed by atoms with E-state index in [1.54, 1.807) is 36.4 Å². The second-order valence-electron chi connectivity index (χ2n) is 7.59. The molecule has 3 aromatic carbocycles. The zero-order valence-corrected chi connectivity index (χ0v) is 17.8. The Balaban J connectivity index is 1.54. The van der Waals surface area contributed by atoms with E-state index in [-0.39, 0.29) is 22.6 Å². The first kappa shape index (κ1) is 21.3. The van der Waals surface area contributed by atoms with Gasteiger partial charge in [0.05, 0.1) is 29.2 Å². The van der Waals surface area contributed by atoms with Gasteiger partial charge in [0.1, 0.15) is 11.6 Å². The lowest BCUT2D eigenvalue weighted by molar-refractivity contribution is 0.186. The number of hydrogen-bond acceptors (Lipinski definition) is 5. The SMILES string of the molecule is COC(=O)Nc1nc2cc(-c3cc(Cc4n[nH]c(=O)c5ccccc45)ccc3F)c(F)cc2[nH]1.